The van der Waals surface area contributed by atoms with E-state index in [9.17, 15) is 18.8 Å². The molecule has 1 unspecified atom stereocenters. The van der Waals surface area contributed by atoms with Crippen molar-refractivity contribution in [3.05, 3.63) is 64.7 Å². The molecular weight excluding hydrogens is 498 g/mol. The Morgan fingerprint density at radius 3 is 2.53 bits per heavy atom. The monoisotopic (exact) mass is 535 g/mol. The van der Waals surface area contributed by atoms with Crippen LogP contribution in [-0.2, 0) is 23.5 Å². The van der Waals surface area contributed by atoms with Gasteiger partial charge >= 0.3 is 0 Å². The van der Waals surface area contributed by atoms with Crippen LogP contribution in [0.5, 0.6) is 0 Å². The quantitative estimate of drug-likeness (QED) is 0.253. The summed E-state index contributed by atoms with van der Waals surface area (Å²) in [4.78, 5) is -0.467. The first kappa shape index (κ1) is 28.1. The molecule has 3 aromatic rings. The molecule has 1 aliphatic rings. The standard InChI is InChI=1S/C30H37N3O4S/c1-33-27(18-29(19-31)38(36,37)32-20-28(35)21-34)14-15-30(33)26-13-12-24-16-23(10-11-25(24)17-26)9-8-22-6-4-2-3-5-7-22/h10-18,22,28,32,34-35H,2-9,20-21H2,1H3/b29-18+. The lowest BCUT2D eigenvalue weighted by Crippen LogP contribution is -2.34. The molecule has 0 aliphatic heterocycles. The number of allylic oxidation sites excluding steroid dienone is 1. The zero-order chi connectivity index (χ0) is 27.1. The van der Waals surface area contributed by atoms with Crippen molar-refractivity contribution in [3.63, 3.8) is 0 Å². The zero-order valence-electron chi connectivity index (χ0n) is 21.9. The molecule has 1 fully saturated rings. The lowest BCUT2D eigenvalue weighted by atomic mass is 9.92. The number of aliphatic hydroxyl groups excluding tert-OH is 2. The second-order valence-corrected chi connectivity index (χ2v) is 12.0. The number of nitriles is 1. The Morgan fingerprint density at radius 1 is 1.11 bits per heavy atom. The molecule has 0 radical (unpaired) electrons. The molecule has 2 aromatic carbocycles. The van der Waals surface area contributed by atoms with Crippen molar-refractivity contribution in [2.75, 3.05) is 13.2 Å². The van der Waals surface area contributed by atoms with E-state index in [1.54, 1.807) is 12.1 Å². The molecule has 1 atom stereocenters. The number of hydrogen-bond acceptors (Lipinski definition) is 5. The third kappa shape index (κ3) is 6.91. The van der Waals surface area contributed by atoms with Crippen molar-refractivity contribution in [1.82, 2.24) is 9.29 Å². The number of benzene rings is 2. The molecule has 4 rings (SSSR count). The number of sulfonamides is 1. The summed E-state index contributed by atoms with van der Waals surface area (Å²) in [6.45, 7) is -0.960. The number of aromatic nitrogens is 1. The first-order chi connectivity index (χ1) is 18.3. The molecule has 0 saturated heterocycles. The van der Waals surface area contributed by atoms with E-state index in [1.165, 1.54) is 62.0 Å². The van der Waals surface area contributed by atoms with Crippen LogP contribution < -0.4 is 4.72 Å². The number of nitrogens with zero attached hydrogens (tertiary/aromatic N) is 2. The maximum atomic E-state index is 12.5. The van der Waals surface area contributed by atoms with Crippen LogP contribution in [0, 0.1) is 17.2 Å². The molecular formula is C30H37N3O4S. The number of rotatable bonds is 10. The fourth-order valence-electron chi connectivity index (χ4n) is 5.25. The fourth-order valence-corrected chi connectivity index (χ4v) is 6.21. The van der Waals surface area contributed by atoms with E-state index in [0.29, 0.717) is 5.69 Å². The second-order valence-electron chi connectivity index (χ2n) is 10.3. The van der Waals surface area contributed by atoms with E-state index in [0.717, 1.165) is 29.0 Å². The summed E-state index contributed by atoms with van der Waals surface area (Å²) >= 11 is 0. The number of aryl methyl sites for hydroxylation is 1. The second kappa shape index (κ2) is 12.7. The Kier molecular flexibility index (Phi) is 9.40. The zero-order valence-corrected chi connectivity index (χ0v) is 22.8. The predicted octanol–water partition coefficient (Wildman–Crippen LogP) is 4.89. The topological polar surface area (TPSA) is 115 Å². The third-order valence-corrected chi connectivity index (χ3v) is 8.91. The van der Waals surface area contributed by atoms with Crippen LogP contribution in [0.15, 0.2) is 53.4 Å². The van der Waals surface area contributed by atoms with E-state index in [-0.39, 0.29) is 6.54 Å². The molecule has 38 heavy (non-hydrogen) atoms. The van der Waals surface area contributed by atoms with Crippen LogP contribution in [-0.4, -0.2) is 42.5 Å². The van der Waals surface area contributed by atoms with Gasteiger partial charge in [0.1, 0.15) is 6.07 Å². The van der Waals surface area contributed by atoms with Gasteiger partial charge in [-0.15, -0.1) is 0 Å². The van der Waals surface area contributed by atoms with Gasteiger partial charge in [0.15, 0.2) is 4.91 Å². The maximum absolute atomic E-state index is 12.5. The van der Waals surface area contributed by atoms with Crippen molar-refractivity contribution in [1.29, 1.82) is 5.26 Å². The number of fused-ring (bicyclic) bond motifs is 1. The third-order valence-electron chi connectivity index (χ3n) is 7.58. The summed E-state index contributed by atoms with van der Waals surface area (Å²) in [5, 5.41) is 30.2. The Morgan fingerprint density at radius 2 is 1.82 bits per heavy atom. The summed E-state index contributed by atoms with van der Waals surface area (Å²) in [7, 11) is -2.30. The van der Waals surface area contributed by atoms with Crippen molar-refractivity contribution < 1.29 is 18.6 Å². The summed E-state index contributed by atoms with van der Waals surface area (Å²) in [5.74, 6) is 0.857. The molecule has 1 aromatic heterocycles. The fraction of sp³-hybridized carbons (Fsp3) is 0.433. The van der Waals surface area contributed by atoms with Crippen LogP contribution in [0.4, 0.5) is 0 Å². The molecule has 3 N–H and O–H groups in total. The molecule has 0 spiro atoms. The molecule has 7 nitrogen and oxygen atoms in total. The van der Waals surface area contributed by atoms with E-state index < -0.39 is 27.6 Å². The minimum Gasteiger partial charge on any atom is -0.394 e. The van der Waals surface area contributed by atoms with Crippen LogP contribution in [0.3, 0.4) is 0 Å². The smallest absolute Gasteiger partial charge is 0.250 e. The number of nitrogens with one attached hydrogen (secondary N) is 1. The highest BCUT2D eigenvalue weighted by atomic mass is 32.2. The predicted molar refractivity (Wildman–Crippen MR) is 151 cm³/mol. The molecule has 1 saturated carbocycles. The van der Waals surface area contributed by atoms with Crippen molar-refractivity contribution in [2.45, 2.75) is 57.5 Å². The maximum Gasteiger partial charge on any atom is 0.250 e. The molecule has 1 aliphatic carbocycles. The summed E-state index contributed by atoms with van der Waals surface area (Å²) in [6, 6.07) is 18.4. The van der Waals surface area contributed by atoms with Crippen molar-refractivity contribution >= 4 is 26.9 Å². The molecule has 202 valence electrons. The Hall–Kier alpha value is -2.96. The SMILES string of the molecule is Cn1c(/C=C(\C#N)S(=O)(=O)NCC(O)CO)ccc1-c1ccc2cc(CCC3CCCCCC3)ccc2c1. The number of aliphatic hydroxyl groups is 2. The minimum absolute atomic E-state index is 0.379. The van der Waals surface area contributed by atoms with Crippen LogP contribution >= 0.6 is 0 Å². The average Bonchev–Trinajstić information content (AvgIpc) is 3.10. The van der Waals surface area contributed by atoms with E-state index in [2.05, 4.69) is 41.1 Å². The first-order valence-corrected chi connectivity index (χ1v) is 14.9. The van der Waals surface area contributed by atoms with Gasteiger partial charge in [0.05, 0.1) is 12.7 Å². The molecule has 1 heterocycles. The lowest BCUT2D eigenvalue weighted by Gasteiger charge is -2.14. The van der Waals surface area contributed by atoms with Crippen LogP contribution in [0.2, 0.25) is 0 Å². The molecule has 0 amide bonds. The lowest BCUT2D eigenvalue weighted by molar-refractivity contribution is 0.0989. The van der Waals surface area contributed by atoms with E-state index in [1.807, 2.05) is 17.7 Å². The van der Waals surface area contributed by atoms with Crippen molar-refractivity contribution in [3.8, 4) is 17.3 Å². The van der Waals surface area contributed by atoms with Crippen LogP contribution in [0.25, 0.3) is 28.1 Å². The highest BCUT2D eigenvalue weighted by Crippen LogP contribution is 2.30. The Labute approximate surface area is 225 Å². The highest BCUT2D eigenvalue weighted by Gasteiger charge is 2.20. The minimum atomic E-state index is -4.13. The van der Waals surface area contributed by atoms with E-state index >= 15 is 0 Å². The van der Waals surface area contributed by atoms with Gasteiger partial charge in [-0.25, -0.2) is 13.1 Å². The van der Waals surface area contributed by atoms with Crippen LogP contribution in [0.1, 0.15) is 56.2 Å². The Balaban J connectivity index is 1.50. The highest BCUT2D eigenvalue weighted by molar-refractivity contribution is 7.93. The summed E-state index contributed by atoms with van der Waals surface area (Å²) in [5.41, 5.74) is 3.83. The van der Waals surface area contributed by atoms with Gasteiger partial charge in [-0.05, 0) is 64.9 Å². The largest absolute Gasteiger partial charge is 0.394 e. The summed E-state index contributed by atoms with van der Waals surface area (Å²) in [6.07, 6.45) is 10.7. The van der Waals surface area contributed by atoms with Gasteiger partial charge in [-0.3, -0.25) is 0 Å². The molecule has 8 heteroatoms. The van der Waals surface area contributed by atoms with Crippen molar-refractivity contribution in [2.24, 2.45) is 13.0 Å². The average molecular weight is 536 g/mol. The van der Waals surface area contributed by atoms with E-state index in [4.69, 9.17) is 5.11 Å². The van der Waals surface area contributed by atoms with Gasteiger partial charge in [0.2, 0.25) is 0 Å². The van der Waals surface area contributed by atoms with Gasteiger partial charge < -0.3 is 14.8 Å². The Bertz CT molecular complexity index is 1430. The van der Waals surface area contributed by atoms with Gasteiger partial charge in [-0.1, -0.05) is 68.9 Å². The molecule has 0 bridgehead atoms. The van der Waals surface area contributed by atoms with Gasteiger partial charge in [0.25, 0.3) is 10.0 Å². The van der Waals surface area contributed by atoms with Gasteiger partial charge in [-0.2, -0.15) is 5.26 Å². The van der Waals surface area contributed by atoms with Gasteiger partial charge in [0, 0.05) is 25.0 Å². The summed E-state index contributed by atoms with van der Waals surface area (Å²) < 4.78 is 29.0. The normalized spacial score (nSPS) is 16.3. The first-order valence-electron chi connectivity index (χ1n) is 13.4. The number of hydrogen-bond donors (Lipinski definition) is 3.